The number of rotatable bonds is 4. The normalized spacial score (nSPS) is 19.9. The lowest BCUT2D eigenvalue weighted by atomic mass is 9.85. The fourth-order valence-corrected chi connectivity index (χ4v) is 4.80. The van der Waals surface area contributed by atoms with Crippen molar-refractivity contribution in [2.24, 2.45) is 5.92 Å². The molecule has 104 valence electrons. The van der Waals surface area contributed by atoms with Crippen LogP contribution in [0.25, 0.3) is 0 Å². The molecule has 0 saturated heterocycles. The second kappa shape index (κ2) is 6.58. The van der Waals surface area contributed by atoms with Crippen molar-refractivity contribution in [3.63, 3.8) is 0 Å². The lowest BCUT2D eigenvalue weighted by Gasteiger charge is -2.22. The van der Waals surface area contributed by atoms with Crippen LogP contribution < -0.4 is 5.19 Å². The van der Waals surface area contributed by atoms with Gasteiger partial charge in [-0.15, -0.1) is 0 Å². The van der Waals surface area contributed by atoms with Gasteiger partial charge in [-0.05, 0) is 31.2 Å². The molecule has 3 rings (SSSR count). The van der Waals surface area contributed by atoms with Gasteiger partial charge in [-0.3, -0.25) is 0 Å². The maximum atomic E-state index is 2.37. The Bertz CT molecular complexity index is 518. The van der Waals surface area contributed by atoms with E-state index >= 15 is 0 Å². The highest BCUT2D eigenvalue weighted by atomic mass is 28.2. The second-order valence-corrected chi connectivity index (χ2v) is 7.65. The van der Waals surface area contributed by atoms with Crippen molar-refractivity contribution in [2.75, 3.05) is 0 Å². The summed E-state index contributed by atoms with van der Waals surface area (Å²) in [5.41, 5.74) is 3.11. The molecule has 1 aromatic carbocycles. The lowest BCUT2D eigenvalue weighted by molar-refractivity contribution is 0.357. The first-order chi connectivity index (χ1) is 9.83. The summed E-state index contributed by atoms with van der Waals surface area (Å²) >= 11 is 0. The molecule has 1 fully saturated rings. The molecular formula is C19H24Si. The first-order valence-corrected chi connectivity index (χ1v) is 9.04. The van der Waals surface area contributed by atoms with Crippen LogP contribution in [0.3, 0.4) is 0 Å². The van der Waals surface area contributed by atoms with Gasteiger partial charge in [-0.1, -0.05) is 84.5 Å². The van der Waals surface area contributed by atoms with Crippen molar-refractivity contribution in [1.82, 2.24) is 0 Å². The van der Waals surface area contributed by atoms with E-state index in [1.54, 1.807) is 15.9 Å². The SMILES string of the molecule is CC1=C([Si]c2ccccc2CC2CCCCC2)CC=C1. The van der Waals surface area contributed by atoms with Gasteiger partial charge in [0.2, 0.25) is 0 Å². The first kappa shape index (κ1) is 13.9. The summed E-state index contributed by atoms with van der Waals surface area (Å²) in [4.78, 5) is 0. The first-order valence-electron chi connectivity index (χ1n) is 8.04. The summed E-state index contributed by atoms with van der Waals surface area (Å²) < 4.78 is 0. The van der Waals surface area contributed by atoms with Crippen LogP contribution in [0.1, 0.15) is 51.0 Å². The third kappa shape index (κ3) is 3.32. The number of hydrogen-bond donors (Lipinski definition) is 0. The minimum atomic E-state index is 0.875. The molecule has 2 radical (unpaired) electrons. The summed E-state index contributed by atoms with van der Waals surface area (Å²) in [6, 6.07) is 9.16. The van der Waals surface area contributed by atoms with Crippen LogP contribution in [-0.2, 0) is 6.42 Å². The summed E-state index contributed by atoms with van der Waals surface area (Å²) in [6.07, 6.45) is 14.3. The van der Waals surface area contributed by atoms with E-state index in [-0.39, 0.29) is 0 Å². The van der Waals surface area contributed by atoms with Crippen LogP contribution in [0.4, 0.5) is 0 Å². The maximum Gasteiger partial charge on any atom is 0.116 e. The summed E-state index contributed by atoms with van der Waals surface area (Å²) in [6.45, 7) is 2.26. The fraction of sp³-hybridized carbons (Fsp3) is 0.474. The van der Waals surface area contributed by atoms with E-state index in [9.17, 15) is 0 Å². The highest BCUT2D eigenvalue weighted by Crippen LogP contribution is 2.26. The predicted molar refractivity (Wildman–Crippen MR) is 88.6 cm³/mol. The van der Waals surface area contributed by atoms with Crippen LogP contribution in [0.15, 0.2) is 47.2 Å². The Morgan fingerprint density at radius 2 is 1.90 bits per heavy atom. The molecule has 1 heteroatoms. The van der Waals surface area contributed by atoms with Crippen LogP contribution in [-0.4, -0.2) is 9.52 Å². The second-order valence-electron chi connectivity index (χ2n) is 6.26. The van der Waals surface area contributed by atoms with E-state index in [0.29, 0.717) is 0 Å². The van der Waals surface area contributed by atoms with E-state index in [1.165, 1.54) is 50.5 Å². The fourth-order valence-electron chi connectivity index (χ4n) is 3.45. The number of allylic oxidation sites excluding steroid dienone is 4. The molecule has 0 atom stereocenters. The van der Waals surface area contributed by atoms with Crippen molar-refractivity contribution in [2.45, 2.75) is 51.9 Å². The Morgan fingerprint density at radius 1 is 1.10 bits per heavy atom. The smallest absolute Gasteiger partial charge is 0.0806 e. The quantitative estimate of drug-likeness (QED) is 0.718. The molecule has 2 aliphatic carbocycles. The molecule has 0 spiro atoms. The molecule has 0 bridgehead atoms. The zero-order chi connectivity index (χ0) is 13.8. The Morgan fingerprint density at radius 3 is 2.65 bits per heavy atom. The number of hydrogen-bond acceptors (Lipinski definition) is 0. The molecule has 0 amide bonds. The summed E-state index contributed by atoms with van der Waals surface area (Å²) in [5, 5.41) is 3.23. The van der Waals surface area contributed by atoms with Crippen molar-refractivity contribution in [3.05, 3.63) is 52.8 Å². The Balaban J connectivity index is 1.72. The van der Waals surface area contributed by atoms with E-state index < -0.39 is 0 Å². The minimum absolute atomic E-state index is 0.875. The van der Waals surface area contributed by atoms with Crippen LogP contribution in [0.2, 0.25) is 0 Å². The molecule has 0 nitrogen and oxygen atoms in total. The molecule has 1 saturated carbocycles. The minimum Gasteiger partial charge on any atom is -0.0806 e. The molecule has 0 aliphatic heterocycles. The van der Waals surface area contributed by atoms with E-state index in [2.05, 4.69) is 43.3 Å². The molecular weight excluding hydrogens is 256 g/mol. The Hall–Kier alpha value is -1.08. The molecule has 1 aromatic rings. The zero-order valence-electron chi connectivity index (χ0n) is 12.5. The van der Waals surface area contributed by atoms with Gasteiger partial charge in [0.1, 0.15) is 9.52 Å². The summed E-state index contributed by atoms with van der Waals surface area (Å²) in [5.74, 6) is 0.937. The van der Waals surface area contributed by atoms with E-state index in [4.69, 9.17) is 0 Å². The van der Waals surface area contributed by atoms with Gasteiger partial charge < -0.3 is 0 Å². The molecule has 0 N–H and O–H groups in total. The average molecular weight is 280 g/mol. The Kier molecular flexibility index (Phi) is 4.57. The van der Waals surface area contributed by atoms with Crippen molar-refractivity contribution >= 4 is 14.7 Å². The highest BCUT2D eigenvalue weighted by molar-refractivity contribution is 6.61. The summed E-state index contributed by atoms with van der Waals surface area (Å²) in [7, 11) is 0.875. The van der Waals surface area contributed by atoms with Gasteiger partial charge >= 0.3 is 0 Å². The molecule has 0 aromatic heterocycles. The van der Waals surface area contributed by atoms with E-state index in [1.807, 2.05) is 0 Å². The monoisotopic (exact) mass is 280 g/mol. The third-order valence-electron chi connectivity index (χ3n) is 4.70. The van der Waals surface area contributed by atoms with Gasteiger partial charge in [-0.25, -0.2) is 0 Å². The van der Waals surface area contributed by atoms with Crippen LogP contribution >= 0.6 is 0 Å². The van der Waals surface area contributed by atoms with Gasteiger partial charge in [0, 0.05) is 0 Å². The van der Waals surface area contributed by atoms with E-state index in [0.717, 1.165) is 15.4 Å². The van der Waals surface area contributed by atoms with Crippen molar-refractivity contribution < 1.29 is 0 Å². The maximum absolute atomic E-state index is 2.37. The van der Waals surface area contributed by atoms with Crippen LogP contribution in [0.5, 0.6) is 0 Å². The number of benzene rings is 1. The van der Waals surface area contributed by atoms with Gasteiger partial charge in [0.15, 0.2) is 0 Å². The van der Waals surface area contributed by atoms with Gasteiger partial charge in [0.05, 0.1) is 0 Å². The average Bonchev–Trinajstić information content (AvgIpc) is 2.88. The molecule has 2 aliphatic rings. The van der Waals surface area contributed by atoms with Gasteiger partial charge in [0.25, 0.3) is 0 Å². The lowest BCUT2D eigenvalue weighted by Crippen LogP contribution is -2.23. The van der Waals surface area contributed by atoms with Crippen molar-refractivity contribution in [1.29, 1.82) is 0 Å². The highest BCUT2D eigenvalue weighted by Gasteiger charge is 2.16. The largest absolute Gasteiger partial charge is 0.116 e. The molecule has 0 unspecified atom stereocenters. The topological polar surface area (TPSA) is 0 Å². The third-order valence-corrected chi connectivity index (χ3v) is 6.36. The van der Waals surface area contributed by atoms with Crippen LogP contribution in [0, 0.1) is 5.92 Å². The predicted octanol–water partition coefficient (Wildman–Crippen LogP) is 4.37. The Labute approximate surface area is 125 Å². The van der Waals surface area contributed by atoms with Gasteiger partial charge in [-0.2, -0.15) is 0 Å². The standard InChI is InChI=1S/C19H24Si/c1-15-8-7-13-18(15)20-19-12-6-5-11-17(19)14-16-9-3-2-4-10-16/h5-8,11-12,16H,2-4,9-10,13-14H2,1H3. The molecule has 20 heavy (non-hydrogen) atoms. The zero-order valence-corrected chi connectivity index (χ0v) is 13.5. The van der Waals surface area contributed by atoms with Crippen molar-refractivity contribution in [3.8, 4) is 0 Å². The molecule has 0 heterocycles.